The minimum atomic E-state index is -1.04. The molecule has 1 unspecified atom stereocenters. The van der Waals surface area contributed by atoms with Gasteiger partial charge in [0, 0.05) is 24.1 Å². The van der Waals surface area contributed by atoms with Crippen LogP contribution in [-0.4, -0.2) is 35.8 Å². The lowest BCUT2D eigenvalue weighted by Crippen LogP contribution is -2.50. The summed E-state index contributed by atoms with van der Waals surface area (Å²) in [7, 11) is 0. The summed E-state index contributed by atoms with van der Waals surface area (Å²) in [5, 5.41) is 16.7. The predicted octanol–water partition coefficient (Wildman–Crippen LogP) is 1.91. The number of ether oxygens (including phenoxy) is 1. The smallest absolute Gasteiger partial charge is 0.250 e. The number of aliphatic hydroxyl groups is 1. The van der Waals surface area contributed by atoms with E-state index in [1.165, 1.54) is 12.8 Å². The molecule has 1 heterocycles. The zero-order valence-corrected chi connectivity index (χ0v) is 13.6. The van der Waals surface area contributed by atoms with Crippen molar-refractivity contribution in [1.29, 1.82) is 0 Å². The largest absolute Gasteiger partial charge is 0.493 e. The standard InChI is InChI=1S/C18H26N2O3/c1-12(19-13-6-2-3-7-13)17(21)18(22)20-15-10-11-23-16-9-5-4-8-14(15)16/h4-5,8-9,12-13,15,17,19,21H,2-3,6-7,10-11H2,1H3,(H,20,22)/t12-,15?,17+/m1/s1. The van der Waals surface area contributed by atoms with Gasteiger partial charge in [-0.3, -0.25) is 4.79 Å². The van der Waals surface area contributed by atoms with Gasteiger partial charge in [-0.2, -0.15) is 0 Å². The van der Waals surface area contributed by atoms with Crippen molar-refractivity contribution < 1.29 is 14.6 Å². The Morgan fingerprint density at radius 2 is 2.00 bits per heavy atom. The predicted molar refractivity (Wildman–Crippen MR) is 88.3 cm³/mol. The number of fused-ring (bicyclic) bond motifs is 1. The maximum absolute atomic E-state index is 12.4. The summed E-state index contributed by atoms with van der Waals surface area (Å²) in [4.78, 5) is 12.4. The Labute approximate surface area is 137 Å². The van der Waals surface area contributed by atoms with Crippen LogP contribution in [-0.2, 0) is 4.79 Å². The molecule has 3 atom stereocenters. The molecule has 1 aromatic rings. The first kappa shape index (κ1) is 16.3. The molecule has 5 heteroatoms. The number of aliphatic hydroxyl groups excluding tert-OH is 1. The van der Waals surface area contributed by atoms with E-state index in [9.17, 15) is 9.90 Å². The number of rotatable bonds is 5. The summed E-state index contributed by atoms with van der Waals surface area (Å²) < 4.78 is 5.61. The molecule has 1 amide bonds. The van der Waals surface area contributed by atoms with Crippen molar-refractivity contribution in [1.82, 2.24) is 10.6 Å². The maximum atomic E-state index is 12.4. The molecule has 0 aromatic heterocycles. The highest BCUT2D eigenvalue weighted by atomic mass is 16.5. The van der Waals surface area contributed by atoms with Gasteiger partial charge in [-0.1, -0.05) is 31.0 Å². The molecular weight excluding hydrogens is 292 g/mol. The molecule has 0 saturated heterocycles. The van der Waals surface area contributed by atoms with E-state index in [1.54, 1.807) is 0 Å². The van der Waals surface area contributed by atoms with Gasteiger partial charge in [-0.15, -0.1) is 0 Å². The van der Waals surface area contributed by atoms with Crippen LogP contribution in [0.3, 0.4) is 0 Å². The highest BCUT2D eigenvalue weighted by Crippen LogP contribution is 2.31. The molecule has 1 aromatic carbocycles. The van der Waals surface area contributed by atoms with E-state index in [2.05, 4.69) is 10.6 Å². The van der Waals surface area contributed by atoms with Crippen LogP contribution in [0.15, 0.2) is 24.3 Å². The Morgan fingerprint density at radius 1 is 1.26 bits per heavy atom. The second kappa shape index (κ2) is 7.32. The van der Waals surface area contributed by atoms with Crippen molar-refractivity contribution in [3.63, 3.8) is 0 Å². The highest BCUT2D eigenvalue weighted by molar-refractivity contribution is 5.81. The Hall–Kier alpha value is -1.59. The van der Waals surface area contributed by atoms with Crippen molar-refractivity contribution >= 4 is 5.91 Å². The van der Waals surface area contributed by atoms with E-state index in [0.29, 0.717) is 12.6 Å². The Balaban J connectivity index is 1.58. The SMILES string of the molecule is C[C@@H](NC1CCCC1)[C@H](O)C(=O)NC1CCOc2ccccc21. The molecule has 0 spiro atoms. The Bertz CT molecular complexity index is 543. The topological polar surface area (TPSA) is 70.6 Å². The summed E-state index contributed by atoms with van der Waals surface area (Å²) in [5.74, 6) is 0.500. The van der Waals surface area contributed by atoms with E-state index in [1.807, 2.05) is 31.2 Å². The van der Waals surface area contributed by atoms with Gasteiger partial charge in [0.15, 0.2) is 0 Å². The molecule has 1 fully saturated rings. The van der Waals surface area contributed by atoms with Crippen molar-refractivity contribution in [3.05, 3.63) is 29.8 Å². The third kappa shape index (κ3) is 3.85. The Kier molecular flexibility index (Phi) is 5.18. The summed E-state index contributed by atoms with van der Waals surface area (Å²) in [5.41, 5.74) is 0.982. The van der Waals surface area contributed by atoms with E-state index < -0.39 is 6.10 Å². The Morgan fingerprint density at radius 3 is 2.78 bits per heavy atom. The number of hydrogen-bond donors (Lipinski definition) is 3. The second-order valence-corrected chi connectivity index (χ2v) is 6.62. The lowest BCUT2D eigenvalue weighted by molar-refractivity contribution is -0.131. The number of nitrogens with one attached hydrogen (secondary N) is 2. The van der Waals surface area contributed by atoms with E-state index in [-0.39, 0.29) is 18.0 Å². The van der Waals surface area contributed by atoms with Gasteiger partial charge < -0.3 is 20.5 Å². The molecule has 23 heavy (non-hydrogen) atoms. The molecule has 1 aliphatic carbocycles. The lowest BCUT2D eigenvalue weighted by Gasteiger charge is -2.29. The van der Waals surface area contributed by atoms with Crippen LogP contribution in [0.25, 0.3) is 0 Å². The van der Waals surface area contributed by atoms with Crippen molar-refractivity contribution in [2.24, 2.45) is 0 Å². The molecule has 3 N–H and O–H groups in total. The number of amides is 1. The van der Waals surface area contributed by atoms with Crippen LogP contribution in [0, 0.1) is 0 Å². The first-order chi connectivity index (χ1) is 11.1. The van der Waals surface area contributed by atoms with Gasteiger partial charge in [0.25, 0.3) is 5.91 Å². The zero-order chi connectivity index (χ0) is 16.2. The molecule has 126 valence electrons. The number of hydrogen-bond acceptors (Lipinski definition) is 4. The van der Waals surface area contributed by atoms with E-state index >= 15 is 0 Å². The fraction of sp³-hybridized carbons (Fsp3) is 0.611. The third-order valence-corrected chi connectivity index (χ3v) is 4.87. The average molecular weight is 318 g/mol. The maximum Gasteiger partial charge on any atom is 0.250 e. The van der Waals surface area contributed by atoms with Crippen LogP contribution in [0.1, 0.15) is 50.6 Å². The first-order valence-corrected chi connectivity index (χ1v) is 8.61. The summed E-state index contributed by atoms with van der Waals surface area (Å²) in [6, 6.07) is 7.82. The summed E-state index contributed by atoms with van der Waals surface area (Å²) in [6.07, 6.45) is 4.40. The summed E-state index contributed by atoms with van der Waals surface area (Å²) >= 11 is 0. The van der Waals surface area contributed by atoms with Gasteiger partial charge >= 0.3 is 0 Å². The molecule has 0 radical (unpaired) electrons. The normalized spacial score (nSPS) is 23.7. The number of carbonyl (C=O) groups is 1. The van der Waals surface area contributed by atoms with Crippen LogP contribution in [0.5, 0.6) is 5.75 Å². The minimum Gasteiger partial charge on any atom is -0.493 e. The molecule has 5 nitrogen and oxygen atoms in total. The van der Waals surface area contributed by atoms with Crippen LogP contribution in [0.4, 0.5) is 0 Å². The molecular formula is C18H26N2O3. The van der Waals surface area contributed by atoms with E-state index in [4.69, 9.17) is 4.74 Å². The number of para-hydroxylation sites is 1. The third-order valence-electron chi connectivity index (χ3n) is 4.87. The van der Waals surface area contributed by atoms with Crippen LogP contribution in [0.2, 0.25) is 0 Å². The van der Waals surface area contributed by atoms with Crippen LogP contribution >= 0.6 is 0 Å². The van der Waals surface area contributed by atoms with Crippen molar-refractivity contribution in [2.75, 3.05) is 6.61 Å². The monoisotopic (exact) mass is 318 g/mol. The van der Waals surface area contributed by atoms with Gasteiger partial charge in [0.1, 0.15) is 11.9 Å². The quantitative estimate of drug-likeness (QED) is 0.775. The van der Waals surface area contributed by atoms with Crippen molar-refractivity contribution in [3.8, 4) is 5.75 Å². The molecule has 3 rings (SSSR count). The number of benzene rings is 1. The molecule has 0 bridgehead atoms. The van der Waals surface area contributed by atoms with Gasteiger partial charge in [-0.25, -0.2) is 0 Å². The zero-order valence-electron chi connectivity index (χ0n) is 13.6. The van der Waals surface area contributed by atoms with Gasteiger partial charge in [0.05, 0.1) is 12.6 Å². The minimum absolute atomic E-state index is 0.0965. The van der Waals surface area contributed by atoms with Gasteiger partial charge in [-0.05, 0) is 25.8 Å². The lowest BCUT2D eigenvalue weighted by atomic mass is 10.00. The fourth-order valence-electron chi connectivity index (χ4n) is 3.53. The highest BCUT2D eigenvalue weighted by Gasteiger charge is 2.29. The summed E-state index contributed by atoms with van der Waals surface area (Å²) in [6.45, 7) is 2.45. The molecule has 1 aliphatic heterocycles. The average Bonchev–Trinajstić information content (AvgIpc) is 3.07. The van der Waals surface area contributed by atoms with E-state index in [0.717, 1.165) is 30.6 Å². The number of carbonyl (C=O) groups excluding carboxylic acids is 1. The fourth-order valence-corrected chi connectivity index (χ4v) is 3.53. The first-order valence-electron chi connectivity index (χ1n) is 8.61. The van der Waals surface area contributed by atoms with Gasteiger partial charge in [0.2, 0.25) is 0 Å². The van der Waals surface area contributed by atoms with Crippen molar-refractivity contribution in [2.45, 2.75) is 63.3 Å². The molecule has 2 aliphatic rings. The molecule has 1 saturated carbocycles. The van der Waals surface area contributed by atoms with Crippen LogP contribution < -0.4 is 15.4 Å². The second-order valence-electron chi connectivity index (χ2n) is 6.62.